The zero-order valence-corrected chi connectivity index (χ0v) is 13.4. The lowest BCUT2D eigenvalue weighted by Gasteiger charge is -2.21. The summed E-state index contributed by atoms with van der Waals surface area (Å²) in [7, 11) is 3.78. The zero-order chi connectivity index (χ0) is 15.1. The highest BCUT2D eigenvalue weighted by Gasteiger charge is 2.32. The summed E-state index contributed by atoms with van der Waals surface area (Å²) in [6.07, 6.45) is 1.03. The summed E-state index contributed by atoms with van der Waals surface area (Å²) in [5, 5.41) is 1.69. The molecule has 1 fully saturated rings. The van der Waals surface area contributed by atoms with E-state index in [0.717, 1.165) is 46.0 Å². The standard InChI is InChI=1S/C16H21ClN2O2/c1-9-4-12-15(17)11(6-14(20-3)16(12)21-9)13-5-10(7-18)8-19(13)2/h4,6,10,13H,5,7-8,18H2,1-3H3. The fourth-order valence-corrected chi connectivity index (χ4v) is 3.64. The molecule has 0 spiro atoms. The van der Waals surface area contributed by atoms with Gasteiger partial charge >= 0.3 is 0 Å². The van der Waals surface area contributed by atoms with E-state index in [2.05, 4.69) is 11.9 Å². The lowest BCUT2D eigenvalue weighted by Crippen LogP contribution is -2.20. The third-order valence-corrected chi connectivity index (χ3v) is 4.82. The molecule has 5 heteroatoms. The van der Waals surface area contributed by atoms with E-state index in [-0.39, 0.29) is 6.04 Å². The maximum absolute atomic E-state index is 6.65. The van der Waals surface area contributed by atoms with Gasteiger partial charge in [0.05, 0.1) is 12.1 Å². The van der Waals surface area contributed by atoms with E-state index >= 15 is 0 Å². The van der Waals surface area contributed by atoms with Crippen molar-refractivity contribution < 1.29 is 9.15 Å². The van der Waals surface area contributed by atoms with Gasteiger partial charge in [-0.25, -0.2) is 0 Å². The van der Waals surface area contributed by atoms with Gasteiger partial charge in [0, 0.05) is 18.0 Å². The molecule has 114 valence electrons. The van der Waals surface area contributed by atoms with Crippen molar-refractivity contribution >= 4 is 22.6 Å². The molecule has 21 heavy (non-hydrogen) atoms. The molecule has 1 aromatic carbocycles. The van der Waals surface area contributed by atoms with E-state index in [4.69, 9.17) is 26.5 Å². The van der Waals surface area contributed by atoms with Crippen LogP contribution in [0.15, 0.2) is 16.5 Å². The SMILES string of the molecule is COc1cc(C2CC(CN)CN2C)c(Cl)c2cc(C)oc12. The Morgan fingerprint density at radius 2 is 2.24 bits per heavy atom. The second-order valence-electron chi connectivity index (χ2n) is 5.87. The third-order valence-electron chi connectivity index (χ3n) is 4.40. The number of halogens is 1. The first-order chi connectivity index (χ1) is 10.0. The number of furan rings is 1. The Labute approximate surface area is 129 Å². The number of nitrogens with two attached hydrogens (primary N) is 1. The van der Waals surface area contributed by atoms with Crippen molar-refractivity contribution in [1.29, 1.82) is 0 Å². The van der Waals surface area contributed by atoms with Crippen LogP contribution in [0.1, 0.15) is 23.8 Å². The number of fused-ring (bicyclic) bond motifs is 1. The van der Waals surface area contributed by atoms with Crippen LogP contribution in [0.25, 0.3) is 11.0 Å². The van der Waals surface area contributed by atoms with Gasteiger partial charge in [-0.2, -0.15) is 0 Å². The first-order valence-electron chi connectivity index (χ1n) is 7.22. The largest absolute Gasteiger partial charge is 0.493 e. The minimum absolute atomic E-state index is 0.277. The summed E-state index contributed by atoms with van der Waals surface area (Å²) < 4.78 is 11.2. The van der Waals surface area contributed by atoms with Crippen LogP contribution in [0.3, 0.4) is 0 Å². The molecule has 2 atom stereocenters. The van der Waals surface area contributed by atoms with Crippen LogP contribution in [0.5, 0.6) is 5.75 Å². The van der Waals surface area contributed by atoms with E-state index in [1.165, 1.54) is 0 Å². The topological polar surface area (TPSA) is 51.6 Å². The third kappa shape index (κ3) is 2.41. The van der Waals surface area contributed by atoms with Crippen molar-refractivity contribution in [2.75, 3.05) is 27.2 Å². The number of methoxy groups -OCH3 is 1. The Kier molecular flexibility index (Phi) is 3.86. The summed E-state index contributed by atoms with van der Waals surface area (Å²) >= 11 is 6.65. The molecule has 1 aliphatic rings. The highest BCUT2D eigenvalue weighted by atomic mass is 35.5. The number of benzene rings is 1. The van der Waals surface area contributed by atoms with Crippen LogP contribution >= 0.6 is 11.6 Å². The van der Waals surface area contributed by atoms with Crippen molar-refractivity contribution in [3.8, 4) is 5.75 Å². The van der Waals surface area contributed by atoms with Crippen LogP contribution in [0.4, 0.5) is 0 Å². The number of likely N-dealkylation sites (tertiary alicyclic amines) is 1. The van der Waals surface area contributed by atoms with Gasteiger partial charge in [0.25, 0.3) is 0 Å². The number of rotatable bonds is 3. The fourth-order valence-electron chi connectivity index (χ4n) is 3.32. The number of hydrogen-bond donors (Lipinski definition) is 1. The van der Waals surface area contributed by atoms with Gasteiger partial charge < -0.3 is 14.9 Å². The molecule has 1 aliphatic heterocycles. The predicted molar refractivity (Wildman–Crippen MR) is 85.0 cm³/mol. The minimum atomic E-state index is 0.277. The van der Waals surface area contributed by atoms with Crippen LogP contribution in [0.2, 0.25) is 5.02 Å². The number of nitrogens with zero attached hydrogens (tertiary/aromatic N) is 1. The smallest absolute Gasteiger partial charge is 0.177 e. The van der Waals surface area contributed by atoms with Crippen LogP contribution in [-0.2, 0) is 0 Å². The van der Waals surface area contributed by atoms with Crippen molar-refractivity contribution in [3.63, 3.8) is 0 Å². The van der Waals surface area contributed by atoms with Gasteiger partial charge in [-0.1, -0.05) is 11.6 Å². The quantitative estimate of drug-likeness (QED) is 0.944. The molecular weight excluding hydrogens is 288 g/mol. The molecule has 1 aromatic heterocycles. The molecule has 2 heterocycles. The Hall–Kier alpha value is -1.23. The molecule has 2 N–H and O–H groups in total. The Bertz CT molecular complexity index is 668. The first-order valence-corrected chi connectivity index (χ1v) is 7.59. The molecular formula is C16H21ClN2O2. The van der Waals surface area contributed by atoms with Gasteiger partial charge in [-0.05, 0) is 50.6 Å². The van der Waals surface area contributed by atoms with E-state index < -0.39 is 0 Å². The Morgan fingerprint density at radius 1 is 1.48 bits per heavy atom. The summed E-state index contributed by atoms with van der Waals surface area (Å²) in [6.45, 7) is 3.63. The van der Waals surface area contributed by atoms with Crippen LogP contribution in [-0.4, -0.2) is 32.1 Å². The average molecular weight is 309 g/mol. The summed E-state index contributed by atoms with van der Waals surface area (Å²) in [5.41, 5.74) is 7.64. The van der Waals surface area contributed by atoms with Gasteiger partial charge in [-0.15, -0.1) is 0 Å². The van der Waals surface area contributed by atoms with Crippen LogP contribution in [0, 0.1) is 12.8 Å². The second-order valence-corrected chi connectivity index (χ2v) is 6.25. The zero-order valence-electron chi connectivity index (χ0n) is 12.6. The Balaban J connectivity index is 2.12. The molecule has 0 saturated carbocycles. The van der Waals surface area contributed by atoms with Gasteiger partial charge in [0.1, 0.15) is 5.76 Å². The van der Waals surface area contributed by atoms with Crippen LogP contribution < -0.4 is 10.5 Å². The van der Waals surface area contributed by atoms with E-state index in [9.17, 15) is 0 Å². The summed E-state index contributed by atoms with van der Waals surface area (Å²) in [6, 6.07) is 4.26. The molecule has 0 bridgehead atoms. The molecule has 2 aromatic rings. The molecule has 4 nitrogen and oxygen atoms in total. The monoisotopic (exact) mass is 308 g/mol. The molecule has 0 amide bonds. The molecule has 0 radical (unpaired) electrons. The van der Waals surface area contributed by atoms with Crippen molar-refractivity contribution in [2.24, 2.45) is 11.7 Å². The normalized spacial score (nSPS) is 23.1. The molecule has 3 rings (SSSR count). The van der Waals surface area contributed by atoms with Crippen molar-refractivity contribution in [2.45, 2.75) is 19.4 Å². The summed E-state index contributed by atoms with van der Waals surface area (Å²) in [5.74, 6) is 2.09. The van der Waals surface area contributed by atoms with E-state index in [1.54, 1.807) is 7.11 Å². The van der Waals surface area contributed by atoms with Gasteiger partial charge in [0.2, 0.25) is 0 Å². The van der Waals surface area contributed by atoms with E-state index in [1.807, 2.05) is 19.1 Å². The second kappa shape index (κ2) is 5.52. The molecule has 0 aliphatic carbocycles. The lowest BCUT2D eigenvalue weighted by atomic mass is 9.98. The minimum Gasteiger partial charge on any atom is -0.493 e. The highest BCUT2D eigenvalue weighted by molar-refractivity contribution is 6.36. The first kappa shape index (κ1) is 14.7. The highest BCUT2D eigenvalue weighted by Crippen LogP contribution is 2.44. The summed E-state index contributed by atoms with van der Waals surface area (Å²) in [4.78, 5) is 2.32. The average Bonchev–Trinajstić information content (AvgIpc) is 3.03. The van der Waals surface area contributed by atoms with Crippen molar-refractivity contribution in [1.82, 2.24) is 4.90 Å². The van der Waals surface area contributed by atoms with Gasteiger partial charge in [0.15, 0.2) is 11.3 Å². The number of ether oxygens (including phenoxy) is 1. The molecule has 2 unspecified atom stereocenters. The number of hydrogen-bond acceptors (Lipinski definition) is 4. The van der Waals surface area contributed by atoms with Gasteiger partial charge in [-0.3, -0.25) is 4.90 Å². The van der Waals surface area contributed by atoms with Crippen molar-refractivity contribution in [3.05, 3.63) is 28.5 Å². The van der Waals surface area contributed by atoms with E-state index in [0.29, 0.717) is 12.5 Å². The predicted octanol–water partition coefficient (Wildman–Crippen LogP) is 3.35. The fraction of sp³-hybridized carbons (Fsp3) is 0.500. The maximum Gasteiger partial charge on any atom is 0.177 e. The molecule has 1 saturated heterocycles. The lowest BCUT2D eigenvalue weighted by molar-refractivity contribution is 0.313. The number of aryl methyl sites for hydroxylation is 1. The maximum atomic E-state index is 6.65. The Morgan fingerprint density at radius 3 is 2.86 bits per heavy atom.